The molecule has 1 rings (SSSR count). The molecule has 0 aliphatic heterocycles. The zero-order valence-electron chi connectivity index (χ0n) is 11.4. The van der Waals surface area contributed by atoms with Gasteiger partial charge >= 0.3 is 11.6 Å². The van der Waals surface area contributed by atoms with Gasteiger partial charge in [0.05, 0.1) is 0 Å². The second-order valence-electron chi connectivity index (χ2n) is 4.43. The molecule has 20 heavy (non-hydrogen) atoms. The lowest BCUT2D eigenvalue weighted by Crippen LogP contribution is -2.39. The summed E-state index contributed by atoms with van der Waals surface area (Å²) in [6, 6.07) is 0. The number of rotatable bonds is 10. The van der Waals surface area contributed by atoms with Gasteiger partial charge in [0.2, 0.25) is 6.41 Å². The van der Waals surface area contributed by atoms with Crippen molar-refractivity contribution in [3.05, 3.63) is 15.3 Å². The number of amides is 1. The topological polar surface area (TPSA) is 117 Å². The Morgan fingerprint density at radius 1 is 1.35 bits per heavy atom. The van der Waals surface area contributed by atoms with Crippen molar-refractivity contribution in [3.8, 4) is 0 Å². The first-order chi connectivity index (χ1) is 9.61. The van der Waals surface area contributed by atoms with E-state index in [2.05, 4.69) is 17.3 Å². The van der Waals surface area contributed by atoms with Crippen molar-refractivity contribution < 1.29 is 14.6 Å². The van der Waals surface area contributed by atoms with Crippen molar-refractivity contribution in [1.82, 2.24) is 9.90 Å². The van der Waals surface area contributed by atoms with E-state index in [-0.39, 0.29) is 23.6 Å². The number of aryl methyl sites for hydroxylation is 1. The molecule has 9 heteroatoms. The Morgan fingerprint density at radius 3 is 2.60 bits per heavy atom. The van der Waals surface area contributed by atoms with Gasteiger partial charge in [-0.1, -0.05) is 44.1 Å². The highest BCUT2D eigenvalue weighted by molar-refractivity contribution is 5.71. The Bertz CT molecular complexity index is 460. The molecule has 1 aromatic rings. The molecule has 1 N–H and O–H groups in total. The molecule has 0 unspecified atom stereocenters. The minimum Gasteiger partial charge on any atom is -0.590 e. The number of carbonyl (C=O) groups excluding carboxylic acids is 1. The van der Waals surface area contributed by atoms with Gasteiger partial charge in [-0.05, 0) is 11.2 Å². The third-order valence-corrected chi connectivity index (χ3v) is 2.90. The molecule has 1 aromatic heterocycles. The third-order valence-electron chi connectivity index (χ3n) is 2.90. The fraction of sp³-hybridized carbons (Fsp3) is 0.727. The molecule has 0 saturated carbocycles. The van der Waals surface area contributed by atoms with Crippen LogP contribution >= 0.6 is 0 Å². The minimum absolute atomic E-state index is 0.109. The average Bonchev–Trinajstić information content (AvgIpc) is 2.71. The first kappa shape index (κ1) is 15.9. The van der Waals surface area contributed by atoms with Crippen LogP contribution in [-0.2, 0) is 11.3 Å². The summed E-state index contributed by atoms with van der Waals surface area (Å²) in [5.74, 6) is -1.09. The molecule has 0 aliphatic rings. The molecule has 112 valence electrons. The number of carbonyl (C=O) groups is 1. The first-order valence-electron chi connectivity index (χ1n) is 6.67. The van der Waals surface area contributed by atoms with E-state index in [1.807, 2.05) is 0 Å². The molecular formula is C11H19N5O4. The number of hydrogen-bond acceptors (Lipinski definition) is 5. The van der Waals surface area contributed by atoms with E-state index < -0.39 is 10.7 Å². The zero-order chi connectivity index (χ0) is 15.0. The van der Waals surface area contributed by atoms with Crippen molar-refractivity contribution in [2.24, 2.45) is 0 Å². The molecule has 1 amide bonds. The van der Waals surface area contributed by atoms with Gasteiger partial charge < -0.3 is 5.21 Å². The number of aromatic nitrogens is 3. The van der Waals surface area contributed by atoms with Crippen molar-refractivity contribution in [3.63, 3.8) is 0 Å². The van der Waals surface area contributed by atoms with Crippen LogP contribution in [0.25, 0.3) is 0 Å². The summed E-state index contributed by atoms with van der Waals surface area (Å²) >= 11 is 0. The van der Waals surface area contributed by atoms with Crippen LogP contribution < -0.4 is 10.2 Å². The molecule has 0 aromatic carbocycles. The maximum atomic E-state index is 11.7. The largest absolute Gasteiger partial charge is 0.590 e. The summed E-state index contributed by atoms with van der Waals surface area (Å²) in [6.07, 6.45) is 6.45. The molecule has 0 radical (unpaired) electrons. The highest BCUT2D eigenvalue weighted by atomic mass is 16.6. The van der Waals surface area contributed by atoms with Crippen LogP contribution in [-0.4, -0.2) is 21.2 Å². The van der Waals surface area contributed by atoms with Crippen molar-refractivity contribution in [2.75, 3.05) is 5.32 Å². The lowest BCUT2D eigenvalue weighted by molar-refractivity contribution is -0.736. The molecule has 0 aliphatic carbocycles. The van der Waals surface area contributed by atoms with E-state index in [9.17, 15) is 20.1 Å². The Balaban J connectivity index is 2.59. The predicted octanol–water partition coefficient (Wildman–Crippen LogP) is 1.35. The SMILES string of the molecule is CCCCCCCCn1nc(NC=O)c([N+](=O)[O-])[n+]1[O-]. The van der Waals surface area contributed by atoms with E-state index in [0.29, 0.717) is 6.42 Å². The van der Waals surface area contributed by atoms with Crippen LogP contribution in [0.15, 0.2) is 0 Å². The van der Waals surface area contributed by atoms with Crippen LogP contribution in [0.1, 0.15) is 45.4 Å². The highest BCUT2D eigenvalue weighted by Crippen LogP contribution is 2.16. The Labute approximate surface area is 116 Å². The van der Waals surface area contributed by atoms with Gasteiger partial charge in [0.25, 0.3) is 0 Å². The second-order valence-corrected chi connectivity index (χ2v) is 4.43. The van der Waals surface area contributed by atoms with Crippen molar-refractivity contribution in [2.45, 2.75) is 52.0 Å². The predicted molar refractivity (Wildman–Crippen MR) is 70.9 cm³/mol. The first-order valence-corrected chi connectivity index (χ1v) is 6.67. The normalized spacial score (nSPS) is 10.4. The number of anilines is 1. The average molecular weight is 285 g/mol. The number of nitro groups is 1. The fourth-order valence-electron chi connectivity index (χ4n) is 1.88. The van der Waals surface area contributed by atoms with Gasteiger partial charge in [-0.15, -0.1) is 0 Å². The van der Waals surface area contributed by atoms with Crippen molar-refractivity contribution >= 4 is 18.0 Å². The molecule has 0 atom stereocenters. The molecule has 0 saturated heterocycles. The van der Waals surface area contributed by atoms with E-state index in [4.69, 9.17) is 0 Å². The summed E-state index contributed by atoms with van der Waals surface area (Å²) < 4.78 is 0. The van der Waals surface area contributed by atoms with Crippen molar-refractivity contribution in [1.29, 1.82) is 0 Å². The lowest BCUT2D eigenvalue weighted by atomic mass is 10.1. The van der Waals surface area contributed by atoms with Gasteiger partial charge in [-0.2, -0.15) is 0 Å². The van der Waals surface area contributed by atoms with E-state index >= 15 is 0 Å². The number of nitrogens with one attached hydrogen (secondary N) is 1. The monoisotopic (exact) mass is 285 g/mol. The van der Waals surface area contributed by atoms with Gasteiger partial charge in [-0.3, -0.25) is 20.2 Å². The van der Waals surface area contributed by atoms with E-state index in [0.717, 1.165) is 30.5 Å². The summed E-state index contributed by atoms with van der Waals surface area (Å²) in [5, 5.41) is 28.2. The molecule has 1 heterocycles. The maximum absolute atomic E-state index is 11.7. The van der Waals surface area contributed by atoms with Crippen LogP contribution in [0.5, 0.6) is 0 Å². The molecule has 9 nitrogen and oxygen atoms in total. The number of nitrogens with zero attached hydrogens (tertiary/aromatic N) is 4. The fourth-order valence-corrected chi connectivity index (χ4v) is 1.88. The molecule has 0 fully saturated rings. The lowest BCUT2D eigenvalue weighted by Gasteiger charge is -2.00. The standard InChI is InChI=1S/C11H19N5O4/c1-2-3-4-5-6-7-8-14-13-10(12-9-17)11(15(14)18)16(19)20/h9H,2-8H2,1H3,(H,12,13,17). The van der Waals surface area contributed by atoms with E-state index in [1.165, 1.54) is 6.42 Å². The summed E-state index contributed by atoms with van der Waals surface area (Å²) in [4.78, 5) is 21.3. The minimum atomic E-state index is -0.858. The highest BCUT2D eigenvalue weighted by Gasteiger charge is 2.33. The quantitative estimate of drug-likeness (QED) is 0.174. The molecule has 0 bridgehead atoms. The second kappa shape index (κ2) is 8.08. The van der Waals surface area contributed by atoms with Gasteiger partial charge in [0.15, 0.2) is 0 Å². The Kier molecular flexibility index (Phi) is 6.41. The van der Waals surface area contributed by atoms with Crippen LogP contribution in [0.3, 0.4) is 0 Å². The summed E-state index contributed by atoms with van der Waals surface area (Å²) in [6.45, 7) is 2.42. The number of unbranched alkanes of at least 4 members (excludes halogenated alkanes) is 5. The van der Waals surface area contributed by atoms with Gasteiger partial charge in [0, 0.05) is 4.85 Å². The van der Waals surface area contributed by atoms with Crippen LogP contribution in [0, 0.1) is 15.3 Å². The number of hydrogen-bond donors (Lipinski definition) is 1. The Hall–Kier alpha value is -2.19. The van der Waals surface area contributed by atoms with Gasteiger partial charge in [0.1, 0.15) is 11.5 Å². The smallest absolute Gasteiger partial charge is 0.583 e. The summed E-state index contributed by atoms with van der Waals surface area (Å²) in [7, 11) is 0. The van der Waals surface area contributed by atoms with Gasteiger partial charge in [-0.25, -0.2) is 0 Å². The summed E-state index contributed by atoms with van der Waals surface area (Å²) in [5.41, 5.74) is 0. The van der Waals surface area contributed by atoms with Crippen LogP contribution in [0.4, 0.5) is 11.6 Å². The Morgan fingerprint density at radius 2 is 2.00 bits per heavy atom. The zero-order valence-corrected chi connectivity index (χ0v) is 11.4. The van der Waals surface area contributed by atoms with Crippen LogP contribution in [0.2, 0.25) is 0 Å². The molecular weight excluding hydrogens is 266 g/mol. The maximum Gasteiger partial charge on any atom is 0.583 e. The van der Waals surface area contributed by atoms with E-state index in [1.54, 1.807) is 0 Å². The third kappa shape index (κ3) is 4.18. The molecule has 0 spiro atoms.